The monoisotopic (exact) mass is 458 g/mol. The van der Waals surface area contributed by atoms with Crippen molar-refractivity contribution in [3.63, 3.8) is 0 Å². The van der Waals surface area contributed by atoms with E-state index in [0.717, 1.165) is 26.7 Å². The van der Waals surface area contributed by atoms with Gasteiger partial charge in [0.25, 0.3) is 5.91 Å². The van der Waals surface area contributed by atoms with E-state index < -0.39 is 0 Å². The number of nitrogens with one attached hydrogen (secondary N) is 1. The van der Waals surface area contributed by atoms with Crippen LogP contribution in [-0.4, -0.2) is 21.4 Å². The minimum absolute atomic E-state index is 0.139. The summed E-state index contributed by atoms with van der Waals surface area (Å²) < 4.78 is 9.52. The number of nitrogens with zero attached hydrogens (tertiary/aromatic N) is 1. The number of thiocarbonyl (C=S) groups is 1. The van der Waals surface area contributed by atoms with Crippen molar-refractivity contribution in [1.29, 1.82) is 0 Å². The van der Waals surface area contributed by atoms with E-state index in [1.54, 1.807) is 0 Å². The van der Waals surface area contributed by atoms with Crippen LogP contribution in [0.25, 0.3) is 17.0 Å². The lowest BCUT2D eigenvalue weighted by Crippen LogP contribution is -2.17. The molecule has 4 nitrogen and oxygen atoms in total. The van der Waals surface area contributed by atoms with Gasteiger partial charge < -0.3 is 14.6 Å². The molecule has 1 aromatic heterocycles. The number of rotatable bonds is 5. The van der Waals surface area contributed by atoms with Crippen LogP contribution in [0, 0.1) is 0 Å². The molecule has 1 aliphatic heterocycles. The molecule has 1 aliphatic rings. The molecule has 1 amide bonds. The van der Waals surface area contributed by atoms with Crippen LogP contribution >= 0.6 is 39.9 Å². The van der Waals surface area contributed by atoms with Crippen LogP contribution in [-0.2, 0) is 11.3 Å². The summed E-state index contributed by atoms with van der Waals surface area (Å²) in [5, 5.41) is 3.75. The molecular formula is C20H15BrN2O2S2. The van der Waals surface area contributed by atoms with E-state index in [9.17, 15) is 4.79 Å². The predicted molar refractivity (Wildman–Crippen MR) is 118 cm³/mol. The zero-order valence-corrected chi connectivity index (χ0v) is 17.4. The number of para-hydroxylation sites is 1. The van der Waals surface area contributed by atoms with Crippen molar-refractivity contribution in [2.24, 2.45) is 0 Å². The van der Waals surface area contributed by atoms with Crippen molar-refractivity contribution < 1.29 is 9.53 Å². The van der Waals surface area contributed by atoms with Crippen molar-refractivity contribution in [3.8, 4) is 5.75 Å². The smallest absolute Gasteiger partial charge is 0.263 e. The van der Waals surface area contributed by atoms with Gasteiger partial charge in [-0.15, -0.1) is 0 Å². The summed E-state index contributed by atoms with van der Waals surface area (Å²) in [5.74, 6) is 0.699. The molecule has 1 N–H and O–H groups in total. The molecule has 0 bridgehead atoms. The summed E-state index contributed by atoms with van der Waals surface area (Å²) in [6.45, 7) is 1.26. The molecule has 27 heavy (non-hydrogen) atoms. The Morgan fingerprint density at radius 1 is 1.19 bits per heavy atom. The third kappa shape index (κ3) is 4.10. The van der Waals surface area contributed by atoms with Crippen molar-refractivity contribution >= 4 is 67.1 Å². The molecule has 4 rings (SSSR count). The lowest BCUT2D eigenvalue weighted by atomic mass is 10.1. The van der Waals surface area contributed by atoms with Crippen molar-refractivity contribution in [2.45, 2.75) is 6.54 Å². The number of halogens is 1. The number of aromatic nitrogens is 1. The number of ether oxygens (including phenoxy) is 1. The van der Waals surface area contributed by atoms with Gasteiger partial charge in [-0.25, -0.2) is 0 Å². The number of hydrogen-bond donors (Lipinski definition) is 1. The first-order valence-electron chi connectivity index (χ1n) is 8.31. The standard InChI is InChI=1S/C20H15BrN2O2S2/c21-14-5-7-15(8-6-14)25-10-9-23-12-13(16-3-1-2-4-17(16)23)11-18-19(24)22-20(26)27-18/h1-8,11-12H,9-10H2,(H,22,24,26)/b18-11+. The average Bonchev–Trinajstić information content (AvgIpc) is 3.17. The van der Waals surface area contributed by atoms with Gasteiger partial charge in [0.1, 0.15) is 16.7 Å². The van der Waals surface area contributed by atoms with Crippen LogP contribution in [0.1, 0.15) is 5.56 Å². The molecule has 7 heteroatoms. The second-order valence-corrected chi connectivity index (χ2v) is 8.58. The maximum Gasteiger partial charge on any atom is 0.263 e. The van der Waals surface area contributed by atoms with Crippen LogP contribution in [0.4, 0.5) is 0 Å². The first kappa shape index (κ1) is 18.3. The van der Waals surface area contributed by atoms with Gasteiger partial charge in [0.15, 0.2) is 0 Å². The quantitative estimate of drug-likeness (QED) is 0.432. The summed E-state index contributed by atoms with van der Waals surface area (Å²) in [6.07, 6.45) is 3.95. The SMILES string of the molecule is O=C1NC(=S)S/C1=C/c1cn(CCOc2ccc(Br)cc2)c2ccccc12. The number of fused-ring (bicyclic) bond motifs is 1. The first-order chi connectivity index (χ1) is 13.1. The molecule has 0 spiro atoms. The molecule has 0 radical (unpaired) electrons. The highest BCUT2D eigenvalue weighted by molar-refractivity contribution is 9.10. The summed E-state index contributed by atoms with van der Waals surface area (Å²) in [6, 6.07) is 15.9. The molecule has 0 saturated carbocycles. The van der Waals surface area contributed by atoms with Gasteiger partial charge in [-0.1, -0.05) is 58.1 Å². The molecule has 3 aromatic rings. The van der Waals surface area contributed by atoms with Gasteiger partial charge in [-0.3, -0.25) is 4.79 Å². The minimum Gasteiger partial charge on any atom is -0.492 e. The Balaban J connectivity index is 1.56. The summed E-state index contributed by atoms with van der Waals surface area (Å²) in [4.78, 5) is 12.6. The van der Waals surface area contributed by atoms with Crippen LogP contribution in [0.5, 0.6) is 5.75 Å². The minimum atomic E-state index is -0.139. The van der Waals surface area contributed by atoms with Crippen LogP contribution in [0.15, 0.2) is 64.1 Å². The van der Waals surface area contributed by atoms with Crippen LogP contribution < -0.4 is 10.1 Å². The lowest BCUT2D eigenvalue weighted by molar-refractivity contribution is -0.115. The molecule has 136 valence electrons. The lowest BCUT2D eigenvalue weighted by Gasteiger charge is -2.08. The number of amides is 1. The Hall–Kier alpha value is -2.09. The Kier molecular flexibility index (Phi) is 5.33. The Labute approximate surface area is 174 Å². The van der Waals surface area contributed by atoms with Gasteiger partial charge in [0, 0.05) is 27.1 Å². The predicted octanol–water partition coefficient (Wildman–Crippen LogP) is 4.97. The molecular weight excluding hydrogens is 444 g/mol. The summed E-state index contributed by atoms with van der Waals surface area (Å²) in [5.41, 5.74) is 2.10. The topological polar surface area (TPSA) is 43.3 Å². The largest absolute Gasteiger partial charge is 0.492 e. The van der Waals surface area contributed by atoms with Crippen LogP contribution in [0.3, 0.4) is 0 Å². The van der Waals surface area contributed by atoms with Gasteiger partial charge in [0.2, 0.25) is 0 Å². The molecule has 0 atom stereocenters. The van der Waals surface area contributed by atoms with Gasteiger partial charge in [-0.05, 0) is 36.4 Å². The molecule has 0 aliphatic carbocycles. The Morgan fingerprint density at radius 2 is 1.96 bits per heavy atom. The number of benzene rings is 2. The van der Waals surface area contributed by atoms with Crippen molar-refractivity contribution in [1.82, 2.24) is 9.88 Å². The fourth-order valence-electron chi connectivity index (χ4n) is 2.93. The second kappa shape index (κ2) is 7.88. The van der Waals surface area contributed by atoms with E-state index in [-0.39, 0.29) is 5.91 Å². The zero-order chi connectivity index (χ0) is 18.8. The Morgan fingerprint density at radius 3 is 2.70 bits per heavy atom. The second-order valence-electron chi connectivity index (χ2n) is 5.95. The molecule has 2 aromatic carbocycles. The molecule has 1 saturated heterocycles. The van der Waals surface area contributed by atoms with Gasteiger partial charge in [-0.2, -0.15) is 0 Å². The van der Waals surface area contributed by atoms with Crippen LogP contribution in [0.2, 0.25) is 0 Å². The zero-order valence-electron chi connectivity index (χ0n) is 14.1. The third-order valence-electron chi connectivity index (χ3n) is 4.16. The highest BCUT2D eigenvalue weighted by Crippen LogP contribution is 2.29. The molecule has 2 heterocycles. The highest BCUT2D eigenvalue weighted by atomic mass is 79.9. The fourth-order valence-corrected chi connectivity index (χ4v) is 4.23. The average molecular weight is 459 g/mol. The van der Waals surface area contributed by atoms with E-state index in [4.69, 9.17) is 17.0 Å². The molecule has 1 fully saturated rings. The van der Waals surface area contributed by atoms with E-state index in [2.05, 4.69) is 44.1 Å². The summed E-state index contributed by atoms with van der Waals surface area (Å²) in [7, 11) is 0. The van der Waals surface area contributed by atoms with Gasteiger partial charge >= 0.3 is 0 Å². The normalized spacial score (nSPS) is 15.5. The van der Waals surface area contributed by atoms with Crippen molar-refractivity contribution in [2.75, 3.05) is 6.61 Å². The summed E-state index contributed by atoms with van der Waals surface area (Å²) >= 11 is 9.79. The van der Waals surface area contributed by atoms with E-state index >= 15 is 0 Å². The fraction of sp³-hybridized carbons (Fsp3) is 0.100. The highest BCUT2D eigenvalue weighted by Gasteiger charge is 2.22. The Bertz CT molecular complexity index is 1060. The van der Waals surface area contributed by atoms with E-state index in [1.807, 2.05) is 42.5 Å². The number of thioether (sulfide) groups is 1. The number of carbonyl (C=O) groups is 1. The third-order valence-corrected chi connectivity index (χ3v) is 5.85. The number of hydrogen-bond acceptors (Lipinski definition) is 4. The van der Waals surface area contributed by atoms with Gasteiger partial charge in [0.05, 0.1) is 11.4 Å². The number of carbonyl (C=O) groups excluding carboxylic acids is 1. The molecule has 0 unspecified atom stereocenters. The van der Waals surface area contributed by atoms with Crippen molar-refractivity contribution in [3.05, 3.63) is 69.7 Å². The first-order valence-corrected chi connectivity index (χ1v) is 10.3. The maximum atomic E-state index is 12.0. The van der Waals surface area contributed by atoms with E-state index in [0.29, 0.717) is 22.4 Å². The van der Waals surface area contributed by atoms with E-state index in [1.165, 1.54) is 11.8 Å². The maximum absolute atomic E-state index is 12.0.